The van der Waals surface area contributed by atoms with Gasteiger partial charge in [-0.1, -0.05) is 42.1 Å². The van der Waals surface area contributed by atoms with Crippen molar-refractivity contribution in [3.8, 4) is 0 Å². The van der Waals surface area contributed by atoms with Crippen LogP contribution in [0.15, 0.2) is 49.3 Å². The summed E-state index contributed by atoms with van der Waals surface area (Å²) in [6.45, 7) is 4.83. The van der Waals surface area contributed by atoms with Gasteiger partial charge in [0.05, 0.1) is 18.0 Å². The second-order valence-corrected chi connectivity index (χ2v) is 8.34. The minimum Gasteiger partial charge on any atom is -0.362 e. The van der Waals surface area contributed by atoms with Gasteiger partial charge in [-0.15, -0.1) is 21.5 Å². The van der Waals surface area contributed by atoms with Crippen molar-refractivity contribution in [2.24, 2.45) is 0 Å². The second-order valence-electron chi connectivity index (χ2n) is 7.26. The van der Waals surface area contributed by atoms with Crippen LogP contribution in [0.5, 0.6) is 0 Å². The van der Waals surface area contributed by atoms with E-state index in [1.165, 1.54) is 11.6 Å². The first kappa shape index (κ1) is 19.3. The minimum absolute atomic E-state index is 0.0446. The Morgan fingerprint density at radius 3 is 2.97 bits per heavy atom. The van der Waals surface area contributed by atoms with Crippen LogP contribution in [0.25, 0.3) is 10.2 Å². The summed E-state index contributed by atoms with van der Waals surface area (Å²) in [7, 11) is 0. The van der Waals surface area contributed by atoms with Gasteiger partial charge in [0.2, 0.25) is 5.91 Å². The monoisotopic (exact) mass is 432 g/mol. The van der Waals surface area contributed by atoms with Crippen molar-refractivity contribution < 1.29 is 4.79 Å². The van der Waals surface area contributed by atoms with Crippen LogP contribution in [0, 0.1) is 0 Å². The van der Waals surface area contributed by atoms with Crippen molar-refractivity contribution in [1.82, 2.24) is 35.5 Å². The van der Waals surface area contributed by atoms with E-state index in [0.29, 0.717) is 25.3 Å². The van der Waals surface area contributed by atoms with Crippen molar-refractivity contribution in [1.29, 1.82) is 0 Å². The molecule has 0 bridgehead atoms. The van der Waals surface area contributed by atoms with Gasteiger partial charge in [0.15, 0.2) is 5.82 Å². The van der Waals surface area contributed by atoms with E-state index < -0.39 is 0 Å². The molecule has 0 spiro atoms. The topological polar surface area (TPSA) is 113 Å². The lowest BCUT2D eigenvalue weighted by molar-refractivity contribution is -0.126. The molecule has 3 aromatic heterocycles. The number of thiophene rings is 1. The van der Waals surface area contributed by atoms with Gasteiger partial charge in [0.25, 0.3) is 0 Å². The van der Waals surface area contributed by atoms with Gasteiger partial charge in [-0.05, 0) is 23.6 Å². The highest BCUT2D eigenvalue weighted by atomic mass is 32.1. The van der Waals surface area contributed by atoms with Crippen LogP contribution in [0.2, 0.25) is 0 Å². The molecular weight excluding hydrogens is 412 g/mol. The summed E-state index contributed by atoms with van der Waals surface area (Å²) in [6, 6.07) is 10.1. The van der Waals surface area contributed by atoms with E-state index in [1.807, 2.05) is 23.1 Å². The molecule has 31 heavy (non-hydrogen) atoms. The van der Waals surface area contributed by atoms with Crippen LogP contribution in [-0.4, -0.2) is 47.9 Å². The standard InChI is InChI=1S/C21H20N8OS/c1-2-18(30)29-9-8-14-16(11-29)31-21-19(14)20(22-12-23-21)24-15(10-17-25-27-28-26-17)13-6-4-3-5-7-13/h2-7,12,15H,1,8-11H2,(H,22,23,24)(H,25,26,27,28)/t15-/m1/s1. The van der Waals surface area contributed by atoms with E-state index in [-0.39, 0.29) is 11.9 Å². The third-order valence-corrected chi connectivity index (χ3v) is 6.54. The Morgan fingerprint density at radius 2 is 2.19 bits per heavy atom. The molecule has 0 saturated carbocycles. The quantitative estimate of drug-likeness (QED) is 0.450. The Morgan fingerprint density at radius 1 is 1.32 bits per heavy atom. The smallest absolute Gasteiger partial charge is 0.246 e. The molecule has 4 heterocycles. The second kappa shape index (κ2) is 8.23. The first-order valence-electron chi connectivity index (χ1n) is 9.93. The van der Waals surface area contributed by atoms with E-state index >= 15 is 0 Å². The molecule has 1 aromatic carbocycles. The predicted octanol–water partition coefficient (Wildman–Crippen LogP) is 2.67. The maximum absolute atomic E-state index is 12.1. The van der Waals surface area contributed by atoms with Crippen molar-refractivity contribution in [3.05, 3.63) is 71.1 Å². The van der Waals surface area contributed by atoms with Crippen LogP contribution in [-0.2, 0) is 24.2 Å². The van der Waals surface area contributed by atoms with Crippen LogP contribution < -0.4 is 5.32 Å². The van der Waals surface area contributed by atoms with Gasteiger partial charge < -0.3 is 10.2 Å². The fourth-order valence-electron chi connectivity index (χ4n) is 3.91. The van der Waals surface area contributed by atoms with E-state index in [1.54, 1.807) is 17.7 Å². The molecule has 2 N–H and O–H groups in total. The zero-order chi connectivity index (χ0) is 21.2. The van der Waals surface area contributed by atoms with Crippen LogP contribution in [0.3, 0.4) is 0 Å². The Kier molecular flexibility index (Phi) is 5.13. The fraction of sp³-hybridized carbons (Fsp3) is 0.238. The van der Waals surface area contributed by atoms with Gasteiger partial charge in [0.1, 0.15) is 17.0 Å². The number of aromatic amines is 1. The fourth-order valence-corrected chi connectivity index (χ4v) is 5.11. The molecule has 156 valence electrons. The SMILES string of the molecule is C=CC(=O)N1CCc2c(sc3ncnc(N[C@H](Cc4nn[nH]n4)c4ccccc4)c23)C1. The summed E-state index contributed by atoms with van der Waals surface area (Å²) < 4.78 is 0. The van der Waals surface area contributed by atoms with E-state index in [4.69, 9.17) is 0 Å². The molecule has 1 atom stereocenters. The lowest BCUT2D eigenvalue weighted by Crippen LogP contribution is -2.34. The number of rotatable bonds is 6. The normalized spacial score (nSPS) is 14.3. The molecule has 10 heteroatoms. The van der Waals surface area contributed by atoms with E-state index in [2.05, 4.69) is 54.6 Å². The van der Waals surface area contributed by atoms with Gasteiger partial charge >= 0.3 is 0 Å². The Labute approximate surface area is 182 Å². The summed E-state index contributed by atoms with van der Waals surface area (Å²) in [5.74, 6) is 1.36. The van der Waals surface area contributed by atoms with Gasteiger partial charge in [-0.3, -0.25) is 4.79 Å². The third-order valence-electron chi connectivity index (χ3n) is 5.41. The van der Waals surface area contributed by atoms with Crippen LogP contribution in [0.1, 0.15) is 27.9 Å². The zero-order valence-corrected chi connectivity index (χ0v) is 17.5. The number of nitrogens with zero attached hydrogens (tertiary/aromatic N) is 6. The zero-order valence-electron chi connectivity index (χ0n) is 16.7. The van der Waals surface area contributed by atoms with Crippen LogP contribution >= 0.6 is 11.3 Å². The highest BCUT2D eigenvalue weighted by molar-refractivity contribution is 7.19. The number of amides is 1. The van der Waals surface area contributed by atoms with Crippen LogP contribution in [0.4, 0.5) is 5.82 Å². The van der Waals surface area contributed by atoms with Crippen molar-refractivity contribution in [2.75, 3.05) is 11.9 Å². The molecule has 9 nitrogen and oxygen atoms in total. The maximum Gasteiger partial charge on any atom is 0.246 e. The minimum atomic E-state index is -0.0881. The van der Waals surface area contributed by atoms with Gasteiger partial charge in [0, 0.05) is 17.8 Å². The predicted molar refractivity (Wildman–Crippen MR) is 117 cm³/mol. The molecule has 0 fully saturated rings. The molecule has 5 rings (SSSR count). The highest BCUT2D eigenvalue weighted by Gasteiger charge is 2.26. The first-order valence-corrected chi connectivity index (χ1v) is 10.7. The Hall–Kier alpha value is -3.66. The summed E-state index contributed by atoms with van der Waals surface area (Å²) in [6.07, 6.45) is 4.26. The van der Waals surface area contributed by atoms with Crippen molar-refractivity contribution in [2.45, 2.75) is 25.4 Å². The number of aromatic nitrogens is 6. The number of hydrogen-bond donors (Lipinski definition) is 2. The number of anilines is 1. The Bertz CT molecular complexity index is 1220. The number of carbonyl (C=O) groups excluding carboxylic acids is 1. The largest absolute Gasteiger partial charge is 0.362 e. The summed E-state index contributed by atoms with van der Waals surface area (Å²) in [5, 5.41) is 19.0. The number of carbonyl (C=O) groups is 1. The number of nitrogens with one attached hydrogen (secondary N) is 2. The molecule has 0 saturated heterocycles. The molecule has 0 unspecified atom stereocenters. The third kappa shape index (κ3) is 3.77. The average molecular weight is 433 g/mol. The van der Waals surface area contributed by atoms with E-state index in [0.717, 1.165) is 32.9 Å². The summed E-state index contributed by atoms with van der Waals surface area (Å²) in [4.78, 5) is 25.0. The summed E-state index contributed by atoms with van der Waals surface area (Å²) in [5.41, 5.74) is 2.31. The number of hydrogen-bond acceptors (Lipinski definition) is 8. The van der Waals surface area contributed by atoms with Crippen molar-refractivity contribution >= 4 is 33.3 Å². The van der Waals surface area contributed by atoms with E-state index in [9.17, 15) is 4.79 Å². The lowest BCUT2D eigenvalue weighted by atomic mass is 10.0. The number of H-pyrrole nitrogens is 1. The molecular formula is C21H20N8OS. The number of tetrazole rings is 1. The molecule has 0 radical (unpaired) electrons. The summed E-state index contributed by atoms with van der Waals surface area (Å²) >= 11 is 1.61. The average Bonchev–Trinajstić information content (AvgIpc) is 3.46. The first-order chi connectivity index (χ1) is 15.2. The number of fused-ring (bicyclic) bond motifs is 3. The highest BCUT2D eigenvalue weighted by Crippen LogP contribution is 2.38. The molecule has 1 aliphatic heterocycles. The molecule has 4 aromatic rings. The van der Waals surface area contributed by atoms with Crippen molar-refractivity contribution in [3.63, 3.8) is 0 Å². The van der Waals surface area contributed by atoms with Gasteiger partial charge in [-0.25, -0.2) is 9.97 Å². The van der Waals surface area contributed by atoms with Gasteiger partial charge in [-0.2, -0.15) is 5.21 Å². The molecule has 1 aliphatic rings. The lowest BCUT2D eigenvalue weighted by Gasteiger charge is -2.26. The maximum atomic E-state index is 12.1. The Balaban J connectivity index is 1.51. The molecule has 0 aliphatic carbocycles. The number of benzene rings is 1. The molecule has 1 amide bonds.